The van der Waals surface area contributed by atoms with Crippen molar-refractivity contribution in [1.29, 1.82) is 0 Å². The Balaban J connectivity index is 1.62. The number of methoxy groups -OCH3 is 1. The third-order valence-corrected chi connectivity index (χ3v) is 6.97. The molecule has 0 radical (unpaired) electrons. The maximum atomic E-state index is 14.0. The fourth-order valence-electron chi connectivity index (χ4n) is 3.48. The topological polar surface area (TPSA) is 48.0 Å². The van der Waals surface area contributed by atoms with E-state index in [1.807, 2.05) is 25.1 Å². The summed E-state index contributed by atoms with van der Waals surface area (Å²) < 4.78 is 32.1. The van der Waals surface area contributed by atoms with Crippen LogP contribution in [0.4, 0.5) is 10.1 Å². The van der Waals surface area contributed by atoms with Gasteiger partial charge in [-0.15, -0.1) is 0 Å². The smallest absolute Gasteiger partial charge is 0.270 e. The number of hydrogen-bond acceptors (Lipinski definition) is 6. The van der Waals surface area contributed by atoms with Gasteiger partial charge in [-0.1, -0.05) is 54.3 Å². The number of amides is 1. The molecule has 0 unspecified atom stereocenters. The highest BCUT2D eigenvalue weighted by atomic mass is 79.9. The first-order valence-corrected chi connectivity index (χ1v) is 12.7. The summed E-state index contributed by atoms with van der Waals surface area (Å²) in [5.41, 5.74) is 1.75. The van der Waals surface area contributed by atoms with Crippen LogP contribution < -0.4 is 19.1 Å². The van der Waals surface area contributed by atoms with Gasteiger partial charge in [-0.3, -0.25) is 9.69 Å². The Bertz CT molecular complexity index is 1310. The Hall–Kier alpha value is -2.88. The first-order chi connectivity index (χ1) is 16.9. The van der Waals surface area contributed by atoms with Gasteiger partial charge in [0.05, 0.1) is 28.8 Å². The molecular weight excluding hydrogens is 553 g/mol. The Morgan fingerprint density at radius 3 is 2.57 bits per heavy atom. The molecule has 0 saturated carbocycles. The number of hydrogen-bond donors (Lipinski definition) is 0. The van der Waals surface area contributed by atoms with Crippen LogP contribution in [0.15, 0.2) is 70.0 Å². The van der Waals surface area contributed by atoms with Gasteiger partial charge in [-0.2, -0.15) is 0 Å². The van der Waals surface area contributed by atoms with E-state index in [4.69, 9.17) is 26.4 Å². The quantitative estimate of drug-likeness (QED) is 0.214. The van der Waals surface area contributed by atoms with Gasteiger partial charge in [0.15, 0.2) is 15.8 Å². The summed E-state index contributed by atoms with van der Waals surface area (Å²) in [6.45, 7) is 2.31. The second kappa shape index (κ2) is 11.2. The van der Waals surface area contributed by atoms with E-state index in [1.165, 1.54) is 22.7 Å². The lowest BCUT2D eigenvalue weighted by atomic mass is 10.1. The van der Waals surface area contributed by atoms with Gasteiger partial charge in [0.1, 0.15) is 18.2 Å². The monoisotopic (exact) mass is 573 g/mol. The van der Waals surface area contributed by atoms with Gasteiger partial charge in [0, 0.05) is 5.56 Å². The fraction of sp³-hybridized carbons (Fsp3) is 0.154. The van der Waals surface area contributed by atoms with Crippen molar-refractivity contribution in [3.63, 3.8) is 0 Å². The molecule has 9 heteroatoms. The summed E-state index contributed by atoms with van der Waals surface area (Å²) in [7, 11) is 1.55. The number of carbonyl (C=O) groups excluding carboxylic acids is 1. The summed E-state index contributed by atoms with van der Waals surface area (Å²) >= 11 is 10.2. The molecule has 5 nitrogen and oxygen atoms in total. The number of anilines is 1. The van der Waals surface area contributed by atoms with Crippen LogP contribution in [0.3, 0.4) is 0 Å². The number of thioether (sulfide) groups is 1. The summed E-state index contributed by atoms with van der Waals surface area (Å²) in [5.74, 6) is 0.912. The van der Waals surface area contributed by atoms with E-state index in [-0.39, 0.29) is 18.3 Å². The maximum absolute atomic E-state index is 14.0. The standard InChI is InChI=1S/C26H21BrFNO4S2/c1-3-32-22-13-16(12-18(27)24(22)33-15-17-8-4-5-9-19(17)28)14-23-25(30)29(26(34)35-23)20-10-6-7-11-21(20)31-2/h4-14H,3,15H2,1-2H3/b23-14-. The van der Waals surface area contributed by atoms with E-state index in [0.717, 1.165) is 5.56 Å². The van der Waals surface area contributed by atoms with Crippen LogP contribution >= 0.6 is 39.9 Å². The minimum absolute atomic E-state index is 0.0439. The molecule has 1 saturated heterocycles. The largest absolute Gasteiger partial charge is 0.495 e. The van der Waals surface area contributed by atoms with Crippen LogP contribution in [0.2, 0.25) is 0 Å². The molecule has 0 bridgehead atoms. The molecule has 1 heterocycles. The Morgan fingerprint density at radius 2 is 1.83 bits per heavy atom. The SMILES string of the molecule is CCOc1cc(/C=C2\SC(=S)N(c3ccccc3OC)C2=O)cc(Br)c1OCc1ccccc1F. The molecule has 3 aromatic rings. The normalized spacial score (nSPS) is 14.5. The van der Waals surface area contributed by atoms with Crippen molar-refractivity contribution in [1.82, 2.24) is 0 Å². The van der Waals surface area contributed by atoms with Crippen LogP contribution in [0.1, 0.15) is 18.1 Å². The minimum Gasteiger partial charge on any atom is -0.495 e. The van der Waals surface area contributed by atoms with E-state index >= 15 is 0 Å². The zero-order chi connectivity index (χ0) is 24.9. The molecule has 0 atom stereocenters. The maximum Gasteiger partial charge on any atom is 0.270 e. The van der Waals surface area contributed by atoms with Gasteiger partial charge in [0.25, 0.3) is 5.91 Å². The van der Waals surface area contributed by atoms with E-state index in [0.29, 0.717) is 48.8 Å². The molecule has 0 spiro atoms. The first kappa shape index (κ1) is 25.2. The lowest BCUT2D eigenvalue weighted by molar-refractivity contribution is -0.113. The molecule has 1 aliphatic rings. The molecule has 4 rings (SSSR count). The third kappa shape index (κ3) is 5.52. The van der Waals surface area contributed by atoms with Crippen molar-refractivity contribution in [2.75, 3.05) is 18.6 Å². The molecule has 1 amide bonds. The molecule has 35 heavy (non-hydrogen) atoms. The van der Waals surface area contributed by atoms with Crippen molar-refractivity contribution < 1.29 is 23.4 Å². The molecule has 180 valence electrons. The fourth-order valence-corrected chi connectivity index (χ4v) is 5.34. The van der Waals surface area contributed by atoms with E-state index in [9.17, 15) is 9.18 Å². The van der Waals surface area contributed by atoms with Crippen molar-refractivity contribution in [3.8, 4) is 17.2 Å². The highest BCUT2D eigenvalue weighted by molar-refractivity contribution is 9.10. The van der Waals surface area contributed by atoms with Crippen LogP contribution in [0.25, 0.3) is 6.08 Å². The Kier molecular flexibility index (Phi) is 8.10. The van der Waals surface area contributed by atoms with Gasteiger partial charge < -0.3 is 14.2 Å². The zero-order valence-electron chi connectivity index (χ0n) is 18.9. The highest BCUT2D eigenvalue weighted by Gasteiger charge is 2.35. The van der Waals surface area contributed by atoms with Crippen LogP contribution in [0.5, 0.6) is 17.2 Å². The van der Waals surface area contributed by atoms with Gasteiger partial charge in [0.2, 0.25) is 0 Å². The van der Waals surface area contributed by atoms with Crippen LogP contribution in [0, 0.1) is 5.82 Å². The second-order valence-electron chi connectivity index (χ2n) is 7.33. The number of nitrogens with zero attached hydrogens (tertiary/aromatic N) is 1. The minimum atomic E-state index is -0.338. The molecule has 0 aromatic heterocycles. The molecule has 1 fully saturated rings. The van der Waals surface area contributed by atoms with E-state index in [1.54, 1.807) is 49.6 Å². The number of rotatable bonds is 8. The van der Waals surface area contributed by atoms with Crippen molar-refractivity contribution >= 4 is 61.9 Å². The highest BCUT2D eigenvalue weighted by Crippen LogP contribution is 2.42. The number of halogens is 2. The van der Waals surface area contributed by atoms with Crippen molar-refractivity contribution in [2.45, 2.75) is 13.5 Å². The first-order valence-electron chi connectivity index (χ1n) is 10.7. The molecule has 0 N–H and O–H groups in total. The average molecular weight is 574 g/mol. The van der Waals surface area contributed by atoms with Gasteiger partial charge in [-0.25, -0.2) is 4.39 Å². The molecule has 1 aliphatic heterocycles. The van der Waals surface area contributed by atoms with Gasteiger partial charge >= 0.3 is 0 Å². The lowest BCUT2D eigenvalue weighted by Crippen LogP contribution is -2.27. The number of benzene rings is 3. The number of thiocarbonyl (C=S) groups is 1. The molecule has 3 aromatic carbocycles. The van der Waals surface area contributed by atoms with Gasteiger partial charge in [-0.05, 0) is 64.8 Å². The van der Waals surface area contributed by atoms with Crippen molar-refractivity contribution in [3.05, 3.63) is 87.0 Å². The third-order valence-electron chi connectivity index (χ3n) is 5.08. The zero-order valence-corrected chi connectivity index (χ0v) is 22.1. The summed E-state index contributed by atoms with van der Waals surface area (Å²) in [5, 5.41) is 0. The molecular formula is C26H21BrFNO4S2. The molecule has 0 aliphatic carbocycles. The van der Waals surface area contributed by atoms with Crippen LogP contribution in [-0.4, -0.2) is 23.9 Å². The predicted octanol–water partition coefficient (Wildman–Crippen LogP) is 6.98. The summed E-state index contributed by atoms with van der Waals surface area (Å²) in [4.78, 5) is 15.2. The number of carbonyl (C=O) groups is 1. The Morgan fingerprint density at radius 1 is 1.09 bits per heavy atom. The average Bonchev–Trinajstić information content (AvgIpc) is 3.12. The predicted molar refractivity (Wildman–Crippen MR) is 145 cm³/mol. The number of para-hydroxylation sites is 2. The number of ether oxygens (including phenoxy) is 3. The Labute approximate surface area is 221 Å². The second-order valence-corrected chi connectivity index (χ2v) is 9.86. The van der Waals surface area contributed by atoms with E-state index < -0.39 is 0 Å². The van der Waals surface area contributed by atoms with Crippen molar-refractivity contribution in [2.24, 2.45) is 0 Å². The summed E-state index contributed by atoms with van der Waals surface area (Å²) in [6.07, 6.45) is 1.75. The van der Waals surface area contributed by atoms with E-state index in [2.05, 4.69) is 15.9 Å². The van der Waals surface area contributed by atoms with Crippen LogP contribution in [-0.2, 0) is 11.4 Å². The lowest BCUT2D eigenvalue weighted by Gasteiger charge is -2.17. The summed E-state index contributed by atoms with van der Waals surface area (Å²) in [6, 6.07) is 17.3.